The van der Waals surface area contributed by atoms with E-state index in [4.69, 9.17) is 5.26 Å². The van der Waals surface area contributed by atoms with Gasteiger partial charge in [0.2, 0.25) is 5.95 Å². The number of hydrogen-bond donors (Lipinski definition) is 2. The van der Waals surface area contributed by atoms with Crippen LogP contribution in [0.4, 0.5) is 40.7 Å². The van der Waals surface area contributed by atoms with E-state index < -0.39 is 23.4 Å². The van der Waals surface area contributed by atoms with Gasteiger partial charge in [-0.2, -0.15) is 23.4 Å². The predicted octanol–water partition coefficient (Wildman–Crippen LogP) is 4.99. The molecule has 0 aliphatic carbocycles. The van der Waals surface area contributed by atoms with Crippen LogP contribution in [-0.2, 0) is 6.18 Å². The van der Waals surface area contributed by atoms with Crippen molar-refractivity contribution in [2.24, 2.45) is 0 Å². The van der Waals surface area contributed by atoms with Crippen molar-refractivity contribution in [2.45, 2.75) is 6.18 Å². The van der Waals surface area contributed by atoms with Crippen molar-refractivity contribution >= 4 is 23.1 Å². The van der Waals surface area contributed by atoms with E-state index in [1.165, 1.54) is 18.2 Å². The second-order valence-corrected chi connectivity index (χ2v) is 5.40. The van der Waals surface area contributed by atoms with Crippen molar-refractivity contribution in [3.63, 3.8) is 0 Å². The lowest BCUT2D eigenvalue weighted by Crippen LogP contribution is -2.12. The van der Waals surface area contributed by atoms with Gasteiger partial charge in [-0.15, -0.1) is 0 Å². The van der Waals surface area contributed by atoms with Crippen molar-refractivity contribution in [1.82, 2.24) is 9.97 Å². The van der Waals surface area contributed by atoms with Crippen LogP contribution in [-0.4, -0.2) is 9.97 Å². The Balaban J connectivity index is 1.93. The molecule has 0 bridgehead atoms. The Morgan fingerprint density at radius 2 is 1.70 bits per heavy atom. The van der Waals surface area contributed by atoms with Crippen LogP contribution in [0, 0.1) is 17.1 Å². The number of nitriles is 1. The molecule has 1 heterocycles. The molecule has 136 valence electrons. The van der Waals surface area contributed by atoms with Crippen LogP contribution >= 0.6 is 0 Å². The summed E-state index contributed by atoms with van der Waals surface area (Å²) in [4.78, 5) is 7.54. The molecule has 0 atom stereocenters. The molecule has 27 heavy (non-hydrogen) atoms. The zero-order valence-electron chi connectivity index (χ0n) is 13.5. The van der Waals surface area contributed by atoms with Crippen LogP contribution in [0.3, 0.4) is 0 Å². The van der Waals surface area contributed by atoms with Gasteiger partial charge < -0.3 is 10.6 Å². The molecule has 0 saturated heterocycles. The number of halogens is 4. The molecule has 2 aromatic carbocycles. The van der Waals surface area contributed by atoms with E-state index in [-0.39, 0.29) is 11.6 Å². The lowest BCUT2D eigenvalue weighted by Gasteiger charge is -2.15. The third kappa shape index (κ3) is 4.49. The molecule has 0 fully saturated rings. The summed E-state index contributed by atoms with van der Waals surface area (Å²) in [7, 11) is 0. The highest BCUT2D eigenvalue weighted by atomic mass is 19.4. The summed E-state index contributed by atoms with van der Waals surface area (Å²) >= 11 is 0. The Morgan fingerprint density at radius 1 is 0.963 bits per heavy atom. The van der Waals surface area contributed by atoms with E-state index in [0.717, 1.165) is 6.07 Å². The Hall–Kier alpha value is -3.67. The molecule has 0 unspecified atom stereocenters. The standard InChI is InChI=1S/C18H11F4N5/c19-12-2-1-3-14(8-12)25-16-15(18(20,21)22)10-24-17(27-16)26-13-6-4-11(9-23)5-7-13/h1-8,10H,(H2,24,25,26,27). The number of anilines is 4. The zero-order valence-corrected chi connectivity index (χ0v) is 13.5. The number of nitrogens with zero attached hydrogens (tertiary/aromatic N) is 3. The molecule has 9 heteroatoms. The first-order chi connectivity index (χ1) is 12.8. The highest BCUT2D eigenvalue weighted by Crippen LogP contribution is 2.35. The second-order valence-electron chi connectivity index (χ2n) is 5.40. The van der Waals surface area contributed by atoms with E-state index in [1.54, 1.807) is 24.3 Å². The smallest absolute Gasteiger partial charge is 0.339 e. The van der Waals surface area contributed by atoms with E-state index >= 15 is 0 Å². The average molecular weight is 373 g/mol. The second kappa shape index (κ2) is 7.29. The molecule has 3 aromatic rings. The number of rotatable bonds is 4. The van der Waals surface area contributed by atoms with Crippen molar-refractivity contribution < 1.29 is 17.6 Å². The van der Waals surface area contributed by atoms with Crippen LogP contribution < -0.4 is 10.6 Å². The van der Waals surface area contributed by atoms with Gasteiger partial charge in [0.15, 0.2) is 0 Å². The summed E-state index contributed by atoms with van der Waals surface area (Å²) in [6.45, 7) is 0. The lowest BCUT2D eigenvalue weighted by atomic mass is 10.2. The Morgan fingerprint density at radius 3 is 2.33 bits per heavy atom. The summed E-state index contributed by atoms with van der Waals surface area (Å²) in [5.74, 6) is -1.20. The van der Waals surface area contributed by atoms with E-state index in [9.17, 15) is 17.6 Å². The maximum absolute atomic E-state index is 13.3. The minimum absolute atomic E-state index is 0.0911. The number of aromatic nitrogens is 2. The van der Waals surface area contributed by atoms with Gasteiger partial charge in [-0.1, -0.05) is 6.07 Å². The van der Waals surface area contributed by atoms with Crippen LogP contribution in [0.2, 0.25) is 0 Å². The fourth-order valence-corrected chi connectivity index (χ4v) is 2.20. The molecule has 0 amide bonds. The normalized spacial score (nSPS) is 10.9. The largest absolute Gasteiger partial charge is 0.421 e. The molecule has 2 N–H and O–H groups in total. The zero-order chi connectivity index (χ0) is 19.4. The quantitative estimate of drug-likeness (QED) is 0.630. The van der Waals surface area contributed by atoms with Crippen molar-refractivity contribution in [3.05, 3.63) is 71.7 Å². The Bertz CT molecular complexity index is 994. The fraction of sp³-hybridized carbons (Fsp3) is 0.0556. The molecule has 1 aromatic heterocycles. The average Bonchev–Trinajstić information content (AvgIpc) is 2.61. The number of benzene rings is 2. The fourth-order valence-electron chi connectivity index (χ4n) is 2.20. The maximum Gasteiger partial charge on any atom is 0.421 e. The monoisotopic (exact) mass is 373 g/mol. The summed E-state index contributed by atoms with van der Waals surface area (Å²) in [5, 5.41) is 14.0. The summed E-state index contributed by atoms with van der Waals surface area (Å²) in [6.07, 6.45) is -4.05. The molecule has 0 aliphatic rings. The number of nitrogens with one attached hydrogen (secondary N) is 2. The van der Waals surface area contributed by atoms with Crippen molar-refractivity contribution in [2.75, 3.05) is 10.6 Å². The first-order valence-electron chi connectivity index (χ1n) is 7.59. The van der Waals surface area contributed by atoms with E-state index in [0.29, 0.717) is 17.4 Å². The molecular formula is C18H11F4N5. The molecule has 5 nitrogen and oxygen atoms in total. The number of hydrogen-bond acceptors (Lipinski definition) is 5. The molecule has 0 radical (unpaired) electrons. The molecule has 0 spiro atoms. The van der Waals surface area contributed by atoms with Gasteiger partial charge in [0.25, 0.3) is 0 Å². The van der Waals surface area contributed by atoms with Gasteiger partial charge in [-0.25, -0.2) is 9.37 Å². The predicted molar refractivity (Wildman–Crippen MR) is 91.2 cm³/mol. The first kappa shape index (κ1) is 18.1. The van der Waals surface area contributed by atoms with E-state index in [2.05, 4.69) is 20.6 Å². The maximum atomic E-state index is 13.3. The summed E-state index contributed by atoms with van der Waals surface area (Å²) in [5.41, 5.74) is -0.0477. The lowest BCUT2D eigenvalue weighted by molar-refractivity contribution is -0.137. The molecule has 0 aliphatic heterocycles. The third-order valence-corrected chi connectivity index (χ3v) is 3.45. The van der Waals surface area contributed by atoms with Crippen LogP contribution in [0.5, 0.6) is 0 Å². The van der Waals surface area contributed by atoms with Crippen molar-refractivity contribution in [3.8, 4) is 6.07 Å². The molecular weight excluding hydrogens is 362 g/mol. The minimum Gasteiger partial charge on any atom is -0.339 e. The van der Waals surface area contributed by atoms with Gasteiger partial charge in [-0.3, -0.25) is 0 Å². The highest BCUT2D eigenvalue weighted by molar-refractivity contribution is 5.63. The van der Waals surface area contributed by atoms with Crippen LogP contribution in [0.1, 0.15) is 11.1 Å². The minimum atomic E-state index is -4.69. The SMILES string of the molecule is N#Cc1ccc(Nc2ncc(C(F)(F)F)c(Nc3cccc(F)c3)n2)cc1. The van der Waals surface area contributed by atoms with Crippen LogP contribution in [0.15, 0.2) is 54.7 Å². The van der Waals surface area contributed by atoms with Gasteiger partial charge in [-0.05, 0) is 42.5 Å². The summed E-state index contributed by atoms with van der Waals surface area (Å²) in [6, 6.07) is 13.2. The van der Waals surface area contributed by atoms with Gasteiger partial charge in [0, 0.05) is 17.6 Å². The first-order valence-corrected chi connectivity index (χ1v) is 7.59. The topological polar surface area (TPSA) is 73.6 Å². The highest BCUT2D eigenvalue weighted by Gasteiger charge is 2.35. The Labute approximate surface area is 151 Å². The molecule has 3 rings (SSSR count). The molecule has 0 saturated carbocycles. The third-order valence-electron chi connectivity index (χ3n) is 3.45. The van der Waals surface area contributed by atoms with Crippen molar-refractivity contribution in [1.29, 1.82) is 5.26 Å². The van der Waals surface area contributed by atoms with Crippen LogP contribution in [0.25, 0.3) is 0 Å². The Kier molecular flexibility index (Phi) is 4.90. The van der Waals surface area contributed by atoms with Gasteiger partial charge in [0.1, 0.15) is 17.2 Å². The van der Waals surface area contributed by atoms with Gasteiger partial charge in [0.05, 0.1) is 11.6 Å². The van der Waals surface area contributed by atoms with E-state index in [1.807, 2.05) is 6.07 Å². The number of alkyl halides is 3. The van der Waals surface area contributed by atoms with Gasteiger partial charge >= 0.3 is 6.18 Å². The summed E-state index contributed by atoms with van der Waals surface area (Å²) < 4.78 is 53.0.